The van der Waals surface area contributed by atoms with Crippen molar-refractivity contribution in [3.8, 4) is 5.75 Å². The standard InChI is InChI=1S/C18H20FNO/c1-3-20-16-11-18(13-5-4-6-14(19)10-13)21-17-8-7-12(2)9-15(16)17/h4-10,16,18,20H,3,11H2,1-2H3. The summed E-state index contributed by atoms with van der Waals surface area (Å²) in [5, 5.41) is 3.51. The lowest BCUT2D eigenvalue weighted by Crippen LogP contribution is -2.29. The lowest BCUT2D eigenvalue weighted by atomic mass is 9.92. The van der Waals surface area contributed by atoms with Crippen molar-refractivity contribution in [1.29, 1.82) is 0 Å². The molecule has 2 aromatic rings. The molecule has 1 N–H and O–H groups in total. The molecule has 1 aliphatic rings. The Hall–Kier alpha value is -1.87. The van der Waals surface area contributed by atoms with E-state index in [9.17, 15) is 4.39 Å². The van der Waals surface area contributed by atoms with E-state index in [1.54, 1.807) is 12.1 Å². The third-order valence-corrected chi connectivity index (χ3v) is 3.93. The minimum Gasteiger partial charge on any atom is -0.485 e. The molecule has 0 spiro atoms. The Balaban J connectivity index is 1.95. The maximum absolute atomic E-state index is 13.4. The van der Waals surface area contributed by atoms with Crippen molar-refractivity contribution in [2.24, 2.45) is 0 Å². The Labute approximate surface area is 125 Å². The summed E-state index contributed by atoms with van der Waals surface area (Å²) < 4.78 is 19.5. The van der Waals surface area contributed by atoms with Gasteiger partial charge in [0.1, 0.15) is 17.7 Å². The van der Waals surface area contributed by atoms with Crippen LogP contribution < -0.4 is 10.1 Å². The normalized spacial score (nSPS) is 20.7. The van der Waals surface area contributed by atoms with Crippen molar-refractivity contribution < 1.29 is 9.13 Å². The molecule has 0 radical (unpaired) electrons. The SMILES string of the molecule is CCNC1CC(c2cccc(F)c2)Oc2ccc(C)cc21. The maximum Gasteiger partial charge on any atom is 0.126 e. The van der Waals surface area contributed by atoms with Crippen molar-refractivity contribution >= 4 is 0 Å². The summed E-state index contributed by atoms with van der Waals surface area (Å²) in [4.78, 5) is 0. The molecule has 2 atom stereocenters. The zero-order valence-electron chi connectivity index (χ0n) is 12.4. The van der Waals surface area contributed by atoms with Gasteiger partial charge in [-0.3, -0.25) is 0 Å². The first kappa shape index (κ1) is 14.1. The second-order valence-corrected chi connectivity index (χ2v) is 5.55. The minimum absolute atomic E-state index is 0.111. The molecule has 21 heavy (non-hydrogen) atoms. The minimum atomic E-state index is -0.217. The highest BCUT2D eigenvalue weighted by Crippen LogP contribution is 2.41. The van der Waals surface area contributed by atoms with Gasteiger partial charge in [-0.15, -0.1) is 0 Å². The molecule has 0 saturated carbocycles. The molecular weight excluding hydrogens is 265 g/mol. The van der Waals surface area contributed by atoms with Crippen molar-refractivity contribution in [2.45, 2.75) is 32.4 Å². The third-order valence-electron chi connectivity index (χ3n) is 3.93. The summed E-state index contributed by atoms with van der Waals surface area (Å²) in [6.45, 7) is 5.08. The Morgan fingerprint density at radius 3 is 2.86 bits per heavy atom. The molecule has 3 rings (SSSR count). The van der Waals surface area contributed by atoms with Crippen LogP contribution in [0.4, 0.5) is 4.39 Å². The average Bonchev–Trinajstić information content (AvgIpc) is 2.48. The van der Waals surface area contributed by atoms with E-state index in [2.05, 4.69) is 31.3 Å². The Bertz CT molecular complexity index is 641. The lowest BCUT2D eigenvalue weighted by Gasteiger charge is -2.33. The highest BCUT2D eigenvalue weighted by Gasteiger charge is 2.29. The van der Waals surface area contributed by atoms with E-state index < -0.39 is 0 Å². The summed E-state index contributed by atoms with van der Waals surface area (Å²) in [6.07, 6.45) is 0.702. The Morgan fingerprint density at radius 2 is 2.10 bits per heavy atom. The maximum atomic E-state index is 13.4. The number of benzene rings is 2. The molecular formula is C18H20FNO. The van der Waals surface area contributed by atoms with E-state index in [4.69, 9.17) is 4.74 Å². The first-order valence-electron chi connectivity index (χ1n) is 7.43. The summed E-state index contributed by atoms with van der Waals surface area (Å²) >= 11 is 0. The van der Waals surface area contributed by atoms with Crippen molar-refractivity contribution in [3.63, 3.8) is 0 Å². The van der Waals surface area contributed by atoms with Gasteiger partial charge in [-0.25, -0.2) is 4.39 Å². The summed E-state index contributed by atoms with van der Waals surface area (Å²) in [7, 11) is 0. The van der Waals surface area contributed by atoms with Gasteiger partial charge in [0, 0.05) is 18.0 Å². The molecule has 0 fully saturated rings. The highest BCUT2D eigenvalue weighted by atomic mass is 19.1. The van der Waals surface area contributed by atoms with Crippen LogP contribution in [0.25, 0.3) is 0 Å². The van der Waals surface area contributed by atoms with Gasteiger partial charge in [0.2, 0.25) is 0 Å². The number of hydrogen-bond acceptors (Lipinski definition) is 2. The van der Waals surface area contributed by atoms with Gasteiger partial charge in [-0.1, -0.05) is 36.8 Å². The van der Waals surface area contributed by atoms with Crippen molar-refractivity contribution in [2.75, 3.05) is 6.54 Å². The van der Waals surface area contributed by atoms with Crippen LogP contribution in [0.1, 0.15) is 42.2 Å². The predicted octanol–water partition coefficient (Wildman–Crippen LogP) is 4.31. The van der Waals surface area contributed by atoms with E-state index in [0.29, 0.717) is 0 Å². The van der Waals surface area contributed by atoms with E-state index in [-0.39, 0.29) is 18.0 Å². The number of hydrogen-bond donors (Lipinski definition) is 1. The molecule has 2 aromatic carbocycles. The molecule has 110 valence electrons. The predicted molar refractivity (Wildman–Crippen MR) is 82.0 cm³/mol. The largest absolute Gasteiger partial charge is 0.485 e. The second-order valence-electron chi connectivity index (χ2n) is 5.55. The number of rotatable bonds is 3. The fourth-order valence-corrected chi connectivity index (χ4v) is 2.94. The molecule has 0 bridgehead atoms. The molecule has 0 amide bonds. The van der Waals surface area contributed by atoms with Crippen LogP contribution >= 0.6 is 0 Å². The molecule has 1 aliphatic heterocycles. The zero-order valence-corrected chi connectivity index (χ0v) is 12.4. The first-order chi connectivity index (χ1) is 10.2. The van der Waals surface area contributed by atoms with Gasteiger partial charge in [0.15, 0.2) is 0 Å². The van der Waals surface area contributed by atoms with Gasteiger partial charge < -0.3 is 10.1 Å². The quantitative estimate of drug-likeness (QED) is 0.907. The topological polar surface area (TPSA) is 21.3 Å². The summed E-state index contributed by atoms with van der Waals surface area (Å²) in [5.41, 5.74) is 3.32. The lowest BCUT2D eigenvalue weighted by molar-refractivity contribution is 0.151. The van der Waals surface area contributed by atoms with Crippen LogP contribution in [0.3, 0.4) is 0 Å². The fourth-order valence-electron chi connectivity index (χ4n) is 2.94. The van der Waals surface area contributed by atoms with Crippen LogP contribution in [0.15, 0.2) is 42.5 Å². The number of halogens is 1. The number of aryl methyl sites for hydroxylation is 1. The molecule has 2 nitrogen and oxygen atoms in total. The van der Waals surface area contributed by atoms with Crippen LogP contribution in [-0.2, 0) is 0 Å². The molecule has 1 heterocycles. The molecule has 0 aliphatic carbocycles. The first-order valence-corrected chi connectivity index (χ1v) is 7.43. The van der Waals surface area contributed by atoms with Crippen LogP contribution in [0.5, 0.6) is 5.75 Å². The summed E-state index contributed by atoms with van der Waals surface area (Å²) in [6, 6.07) is 13.2. The second kappa shape index (κ2) is 5.86. The molecule has 0 saturated heterocycles. The zero-order chi connectivity index (χ0) is 14.8. The van der Waals surface area contributed by atoms with E-state index in [0.717, 1.165) is 24.3 Å². The summed E-state index contributed by atoms with van der Waals surface area (Å²) in [5.74, 6) is 0.679. The average molecular weight is 285 g/mol. The molecule has 3 heteroatoms. The van der Waals surface area contributed by atoms with Gasteiger partial charge in [0.25, 0.3) is 0 Å². The van der Waals surface area contributed by atoms with Gasteiger partial charge in [0.05, 0.1) is 0 Å². The third kappa shape index (κ3) is 2.93. The number of nitrogens with one attached hydrogen (secondary N) is 1. The smallest absolute Gasteiger partial charge is 0.126 e. The van der Waals surface area contributed by atoms with Gasteiger partial charge in [-0.05, 0) is 37.2 Å². The van der Waals surface area contributed by atoms with Crippen LogP contribution in [0.2, 0.25) is 0 Å². The fraction of sp³-hybridized carbons (Fsp3) is 0.333. The monoisotopic (exact) mass is 285 g/mol. The number of ether oxygens (including phenoxy) is 1. The Morgan fingerprint density at radius 1 is 1.24 bits per heavy atom. The van der Waals surface area contributed by atoms with Crippen LogP contribution in [-0.4, -0.2) is 6.54 Å². The molecule has 0 aromatic heterocycles. The van der Waals surface area contributed by atoms with Crippen molar-refractivity contribution in [3.05, 3.63) is 65.0 Å². The highest BCUT2D eigenvalue weighted by molar-refractivity contribution is 5.42. The molecule has 2 unspecified atom stereocenters. The van der Waals surface area contributed by atoms with Crippen LogP contribution in [0, 0.1) is 12.7 Å². The van der Waals surface area contributed by atoms with Crippen molar-refractivity contribution in [1.82, 2.24) is 5.32 Å². The van der Waals surface area contributed by atoms with E-state index in [1.807, 2.05) is 12.1 Å². The van der Waals surface area contributed by atoms with Gasteiger partial charge in [-0.2, -0.15) is 0 Å². The van der Waals surface area contributed by atoms with E-state index in [1.165, 1.54) is 17.2 Å². The van der Waals surface area contributed by atoms with Gasteiger partial charge >= 0.3 is 0 Å². The number of fused-ring (bicyclic) bond motifs is 1. The van der Waals surface area contributed by atoms with E-state index >= 15 is 0 Å². The Kier molecular flexibility index (Phi) is 3.93.